The van der Waals surface area contributed by atoms with E-state index in [-0.39, 0.29) is 0 Å². The van der Waals surface area contributed by atoms with E-state index >= 15 is 0 Å². The van der Waals surface area contributed by atoms with E-state index in [0.29, 0.717) is 29.0 Å². The number of hydrogen-bond acceptors (Lipinski definition) is 3. The van der Waals surface area contributed by atoms with Gasteiger partial charge in [0.25, 0.3) is 0 Å². The van der Waals surface area contributed by atoms with Crippen molar-refractivity contribution < 1.29 is 9.52 Å². The minimum atomic E-state index is -0.664. The van der Waals surface area contributed by atoms with Crippen molar-refractivity contribution in [2.45, 2.75) is 31.8 Å². The molecule has 0 radical (unpaired) electrons. The third-order valence-electron chi connectivity index (χ3n) is 3.72. The van der Waals surface area contributed by atoms with Gasteiger partial charge in [-0.1, -0.05) is 18.5 Å². The van der Waals surface area contributed by atoms with Gasteiger partial charge in [-0.2, -0.15) is 0 Å². The molecule has 0 bridgehead atoms. The molecular formula is C15H16ClNO2. The quantitative estimate of drug-likeness (QED) is 0.926. The smallest absolute Gasteiger partial charge is 0.133 e. The fourth-order valence-corrected chi connectivity index (χ4v) is 2.54. The molecular weight excluding hydrogens is 262 g/mol. The summed E-state index contributed by atoms with van der Waals surface area (Å²) in [7, 11) is 0. The molecule has 2 heterocycles. The summed E-state index contributed by atoms with van der Waals surface area (Å²) in [5.74, 6) is 2.83. The molecule has 3 nitrogen and oxygen atoms in total. The molecule has 3 unspecified atom stereocenters. The van der Waals surface area contributed by atoms with Crippen molar-refractivity contribution in [1.82, 2.24) is 4.98 Å². The lowest BCUT2D eigenvalue weighted by atomic mass is 10.1. The third kappa shape index (κ3) is 2.67. The van der Waals surface area contributed by atoms with Gasteiger partial charge in [0.1, 0.15) is 17.6 Å². The Labute approximate surface area is 117 Å². The number of pyridine rings is 1. The summed E-state index contributed by atoms with van der Waals surface area (Å²) >= 11 is 6.04. The van der Waals surface area contributed by atoms with Gasteiger partial charge in [0.15, 0.2) is 0 Å². The van der Waals surface area contributed by atoms with Crippen molar-refractivity contribution in [3.8, 4) is 0 Å². The first kappa shape index (κ1) is 12.7. The van der Waals surface area contributed by atoms with Gasteiger partial charge in [-0.25, -0.2) is 0 Å². The third-order valence-corrected chi connectivity index (χ3v) is 4.06. The van der Waals surface area contributed by atoms with Crippen LogP contribution in [0.25, 0.3) is 0 Å². The first-order valence-corrected chi connectivity index (χ1v) is 6.89. The predicted octanol–water partition coefficient (Wildman–Crippen LogP) is 3.73. The Bertz CT molecular complexity index is 581. The van der Waals surface area contributed by atoms with Crippen LogP contribution in [-0.4, -0.2) is 10.1 Å². The Morgan fingerprint density at radius 1 is 1.47 bits per heavy atom. The largest absolute Gasteiger partial charge is 0.463 e. The van der Waals surface area contributed by atoms with Gasteiger partial charge in [0.05, 0.1) is 5.02 Å². The fourth-order valence-electron chi connectivity index (χ4n) is 2.34. The maximum atomic E-state index is 10.2. The van der Waals surface area contributed by atoms with Crippen LogP contribution in [0, 0.1) is 5.92 Å². The van der Waals surface area contributed by atoms with Crippen molar-refractivity contribution >= 4 is 11.6 Å². The molecule has 2 aromatic heterocycles. The highest BCUT2D eigenvalue weighted by Crippen LogP contribution is 2.47. The van der Waals surface area contributed by atoms with Gasteiger partial charge in [0, 0.05) is 24.7 Å². The monoisotopic (exact) mass is 277 g/mol. The molecule has 1 aliphatic carbocycles. The highest BCUT2D eigenvalue weighted by molar-refractivity contribution is 6.31. The van der Waals surface area contributed by atoms with Gasteiger partial charge in [-0.15, -0.1) is 0 Å². The van der Waals surface area contributed by atoms with Gasteiger partial charge >= 0.3 is 0 Å². The Balaban J connectivity index is 1.72. The van der Waals surface area contributed by atoms with Crippen LogP contribution in [0.15, 0.2) is 35.0 Å². The van der Waals surface area contributed by atoms with E-state index in [9.17, 15) is 5.11 Å². The zero-order valence-electron chi connectivity index (χ0n) is 10.7. The first-order chi connectivity index (χ1) is 9.15. The molecule has 0 amide bonds. The summed E-state index contributed by atoms with van der Waals surface area (Å²) in [6.07, 6.45) is 4.21. The molecule has 0 spiro atoms. The second-order valence-electron chi connectivity index (χ2n) is 5.25. The lowest BCUT2D eigenvalue weighted by Gasteiger charge is -2.09. The molecule has 1 saturated carbocycles. The summed E-state index contributed by atoms with van der Waals surface area (Å²) < 4.78 is 5.74. The standard InChI is InChI=1S/C15H16ClNO2/c1-9-6-11(9)14-2-3-15(19-14)13(18)7-10-4-5-17-8-12(10)16/h2-5,8-9,11,13,18H,6-7H2,1H3. The lowest BCUT2D eigenvalue weighted by molar-refractivity contribution is 0.148. The second kappa shape index (κ2) is 4.99. The normalized spacial score (nSPS) is 23.3. The van der Waals surface area contributed by atoms with Crippen molar-refractivity contribution in [3.63, 3.8) is 0 Å². The molecule has 3 rings (SSSR count). The highest BCUT2D eigenvalue weighted by Gasteiger charge is 2.36. The molecule has 1 fully saturated rings. The Hall–Kier alpha value is -1.32. The van der Waals surface area contributed by atoms with E-state index in [2.05, 4.69) is 11.9 Å². The average molecular weight is 278 g/mol. The van der Waals surface area contributed by atoms with Crippen molar-refractivity contribution in [1.29, 1.82) is 0 Å². The van der Waals surface area contributed by atoms with Crippen LogP contribution in [0.3, 0.4) is 0 Å². The number of halogens is 1. The maximum Gasteiger partial charge on any atom is 0.133 e. The zero-order valence-corrected chi connectivity index (χ0v) is 11.5. The number of furan rings is 1. The van der Waals surface area contributed by atoms with E-state index in [4.69, 9.17) is 16.0 Å². The maximum absolute atomic E-state index is 10.2. The van der Waals surface area contributed by atoms with Crippen LogP contribution < -0.4 is 0 Å². The number of aliphatic hydroxyl groups excluding tert-OH is 1. The van der Waals surface area contributed by atoms with Crippen LogP contribution >= 0.6 is 11.6 Å². The summed E-state index contributed by atoms with van der Waals surface area (Å²) in [5.41, 5.74) is 0.877. The van der Waals surface area contributed by atoms with Crippen molar-refractivity contribution in [2.24, 2.45) is 5.92 Å². The predicted molar refractivity (Wildman–Crippen MR) is 73.1 cm³/mol. The number of aromatic nitrogens is 1. The fraction of sp³-hybridized carbons (Fsp3) is 0.400. The molecule has 4 heteroatoms. The molecule has 1 N–H and O–H groups in total. The highest BCUT2D eigenvalue weighted by atomic mass is 35.5. The molecule has 0 aromatic carbocycles. The van der Waals surface area contributed by atoms with E-state index in [1.165, 1.54) is 6.42 Å². The molecule has 0 saturated heterocycles. The molecule has 2 aromatic rings. The minimum absolute atomic E-state index is 0.439. The Morgan fingerprint density at radius 2 is 2.26 bits per heavy atom. The van der Waals surface area contributed by atoms with Gasteiger partial charge < -0.3 is 9.52 Å². The second-order valence-corrected chi connectivity index (χ2v) is 5.65. The van der Waals surface area contributed by atoms with Crippen molar-refractivity contribution in [3.05, 3.63) is 52.7 Å². The number of rotatable bonds is 4. The Kier molecular flexibility index (Phi) is 3.33. The van der Waals surface area contributed by atoms with E-state index in [1.807, 2.05) is 18.2 Å². The minimum Gasteiger partial charge on any atom is -0.463 e. The SMILES string of the molecule is CC1CC1c1ccc(C(O)Cc2ccncc2Cl)o1. The van der Waals surface area contributed by atoms with Gasteiger partial charge in [-0.05, 0) is 36.1 Å². The number of hydrogen-bond donors (Lipinski definition) is 1. The summed E-state index contributed by atoms with van der Waals surface area (Å²) in [4.78, 5) is 3.93. The summed E-state index contributed by atoms with van der Waals surface area (Å²) in [6.45, 7) is 2.21. The van der Waals surface area contributed by atoms with Gasteiger partial charge in [0.2, 0.25) is 0 Å². The summed E-state index contributed by atoms with van der Waals surface area (Å²) in [5, 5.41) is 10.8. The lowest BCUT2D eigenvalue weighted by Crippen LogP contribution is -2.01. The summed E-state index contributed by atoms with van der Waals surface area (Å²) in [6, 6.07) is 5.65. The van der Waals surface area contributed by atoms with Gasteiger partial charge in [-0.3, -0.25) is 4.98 Å². The van der Waals surface area contributed by atoms with Crippen LogP contribution in [0.5, 0.6) is 0 Å². The number of nitrogens with zero attached hydrogens (tertiary/aromatic N) is 1. The van der Waals surface area contributed by atoms with Crippen molar-refractivity contribution in [2.75, 3.05) is 0 Å². The topological polar surface area (TPSA) is 46.3 Å². The van der Waals surface area contributed by atoms with E-state index < -0.39 is 6.10 Å². The molecule has 100 valence electrons. The van der Waals surface area contributed by atoms with Crippen LogP contribution in [0.2, 0.25) is 5.02 Å². The average Bonchev–Trinajstić information content (AvgIpc) is 2.93. The molecule has 0 aliphatic heterocycles. The van der Waals surface area contributed by atoms with Crippen LogP contribution in [0.4, 0.5) is 0 Å². The van der Waals surface area contributed by atoms with E-state index in [1.54, 1.807) is 12.4 Å². The molecule has 3 atom stereocenters. The Morgan fingerprint density at radius 3 is 2.95 bits per heavy atom. The molecule has 1 aliphatic rings. The van der Waals surface area contributed by atoms with E-state index in [0.717, 1.165) is 11.3 Å². The zero-order chi connectivity index (χ0) is 13.4. The first-order valence-electron chi connectivity index (χ1n) is 6.51. The molecule has 19 heavy (non-hydrogen) atoms. The van der Waals surface area contributed by atoms with Crippen LogP contribution in [-0.2, 0) is 6.42 Å². The van der Waals surface area contributed by atoms with Crippen LogP contribution in [0.1, 0.15) is 42.5 Å². The number of aliphatic hydroxyl groups is 1.